The quantitative estimate of drug-likeness (QED) is 0.716. The van der Waals surface area contributed by atoms with E-state index in [0.29, 0.717) is 18.0 Å². The molecule has 0 amide bonds. The van der Waals surface area contributed by atoms with Crippen molar-refractivity contribution in [1.82, 2.24) is 0 Å². The summed E-state index contributed by atoms with van der Waals surface area (Å²) in [4.78, 5) is 0. The summed E-state index contributed by atoms with van der Waals surface area (Å²) in [6, 6.07) is 14.8. The first-order valence-corrected chi connectivity index (χ1v) is 6.97. The summed E-state index contributed by atoms with van der Waals surface area (Å²) in [7, 11) is 0. The summed E-state index contributed by atoms with van der Waals surface area (Å²) in [5.74, 6) is 0. The van der Waals surface area contributed by atoms with Gasteiger partial charge in [0.2, 0.25) is 0 Å². The normalized spacial score (nSPS) is 12.2. The first-order chi connectivity index (χ1) is 9.72. The molecular weight excluding hydrogens is 274 g/mol. The van der Waals surface area contributed by atoms with E-state index in [4.69, 9.17) is 16.7 Å². The molecule has 2 aromatic rings. The van der Waals surface area contributed by atoms with E-state index < -0.39 is 6.10 Å². The Morgan fingerprint density at radius 2 is 1.85 bits per heavy atom. The average molecular weight is 292 g/mol. The smallest absolute Gasteiger partial charge is 0.106 e. The topological polar surface area (TPSA) is 52.5 Å². The molecule has 0 fully saturated rings. The van der Waals surface area contributed by atoms with Crippen molar-refractivity contribution in [1.29, 1.82) is 0 Å². The number of anilines is 1. The molecule has 20 heavy (non-hydrogen) atoms. The molecule has 3 nitrogen and oxygen atoms in total. The number of aliphatic hydroxyl groups excluding tert-OH is 2. The van der Waals surface area contributed by atoms with Crippen molar-refractivity contribution in [2.24, 2.45) is 0 Å². The van der Waals surface area contributed by atoms with Crippen molar-refractivity contribution in [2.75, 3.05) is 18.5 Å². The fraction of sp³-hybridized carbons (Fsp3) is 0.250. The molecule has 4 heteroatoms. The predicted molar refractivity (Wildman–Crippen MR) is 82.1 cm³/mol. The molecule has 2 aromatic carbocycles. The SMILES string of the molecule is OCCCNc1ccc(Cl)cc1[C@H](O)c1ccccc1. The Kier molecular flexibility index (Phi) is 5.41. The number of hydrogen-bond donors (Lipinski definition) is 3. The highest BCUT2D eigenvalue weighted by atomic mass is 35.5. The number of rotatable bonds is 6. The van der Waals surface area contributed by atoms with Crippen LogP contribution in [0.2, 0.25) is 5.02 Å². The second-order valence-corrected chi connectivity index (χ2v) is 4.99. The van der Waals surface area contributed by atoms with Gasteiger partial charge in [0.1, 0.15) is 6.10 Å². The molecule has 2 rings (SSSR count). The first kappa shape index (κ1) is 14.9. The largest absolute Gasteiger partial charge is 0.396 e. The van der Waals surface area contributed by atoms with Crippen molar-refractivity contribution in [3.8, 4) is 0 Å². The number of benzene rings is 2. The Hall–Kier alpha value is -1.55. The van der Waals surface area contributed by atoms with E-state index in [1.807, 2.05) is 36.4 Å². The highest BCUT2D eigenvalue weighted by molar-refractivity contribution is 6.30. The van der Waals surface area contributed by atoms with Crippen molar-refractivity contribution < 1.29 is 10.2 Å². The Morgan fingerprint density at radius 1 is 1.10 bits per heavy atom. The molecule has 0 radical (unpaired) electrons. The summed E-state index contributed by atoms with van der Waals surface area (Å²) in [6.07, 6.45) is -0.0738. The van der Waals surface area contributed by atoms with Gasteiger partial charge in [-0.25, -0.2) is 0 Å². The third-order valence-corrected chi connectivity index (χ3v) is 3.31. The van der Waals surface area contributed by atoms with Gasteiger partial charge in [-0.3, -0.25) is 0 Å². The van der Waals surface area contributed by atoms with E-state index in [1.54, 1.807) is 12.1 Å². The van der Waals surface area contributed by atoms with Gasteiger partial charge in [0.05, 0.1) is 0 Å². The lowest BCUT2D eigenvalue weighted by atomic mass is 10.00. The van der Waals surface area contributed by atoms with Gasteiger partial charge >= 0.3 is 0 Å². The number of aliphatic hydroxyl groups is 2. The Balaban J connectivity index is 2.26. The van der Waals surface area contributed by atoms with E-state index in [2.05, 4.69) is 5.32 Å². The van der Waals surface area contributed by atoms with E-state index in [-0.39, 0.29) is 6.61 Å². The standard InChI is InChI=1S/C16H18ClNO2/c17-13-7-8-15(18-9-4-10-19)14(11-13)16(20)12-5-2-1-3-6-12/h1-3,5-8,11,16,18-20H,4,9-10H2/t16-/m1/s1. The second kappa shape index (κ2) is 7.29. The van der Waals surface area contributed by atoms with E-state index in [1.165, 1.54) is 0 Å². The van der Waals surface area contributed by atoms with Crippen LogP contribution in [-0.4, -0.2) is 23.4 Å². The molecular formula is C16H18ClNO2. The van der Waals surface area contributed by atoms with Crippen LogP contribution in [0, 0.1) is 0 Å². The third-order valence-electron chi connectivity index (χ3n) is 3.07. The average Bonchev–Trinajstić information content (AvgIpc) is 2.49. The van der Waals surface area contributed by atoms with Crippen LogP contribution in [0.15, 0.2) is 48.5 Å². The monoisotopic (exact) mass is 291 g/mol. The molecule has 0 saturated heterocycles. The molecule has 0 unspecified atom stereocenters. The summed E-state index contributed by atoms with van der Waals surface area (Å²) in [5.41, 5.74) is 2.39. The maximum absolute atomic E-state index is 10.5. The number of nitrogens with one attached hydrogen (secondary N) is 1. The van der Waals surface area contributed by atoms with Gasteiger partial charge in [0, 0.05) is 29.4 Å². The molecule has 1 atom stereocenters. The Morgan fingerprint density at radius 3 is 2.55 bits per heavy atom. The van der Waals surface area contributed by atoms with Crippen molar-refractivity contribution >= 4 is 17.3 Å². The summed E-state index contributed by atoms with van der Waals surface area (Å²) in [6.45, 7) is 0.782. The molecule has 0 aliphatic carbocycles. The predicted octanol–water partition coefficient (Wildman–Crippen LogP) is 3.22. The fourth-order valence-corrected chi connectivity index (χ4v) is 2.22. The fourth-order valence-electron chi connectivity index (χ4n) is 2.04. The number of hydrogen-bond acceptors (Lipinski definition) is 3. The highest BCUT2D eigenvalue weighted by Gasteiger charge is 2.14. The molecule has 0 bridgehead atoms. The Bertz CT molecular complexity index is 545. The van der Waals surface area contributed by atoms with Crippen LogP contribution in [0.25, 0.3) is 0 Å². The summed E-state index contributed by atoms with van der Waals surface area (Å²) < 4.78 is 0. The molecule has 0 heterocycles. The van der Waals surface area contributed by atoms with Crippen molar-refractivity contribution in [2.45, 2.75) is 12.5 Å². The Labute approximate surface area is 123 Å². The zero-order valence-corrected chi connectivity index (χ0v) is 11.8. The van der Waals surface area contributed by atoms with Crippen LogP contribution < -0.4 is 5.32 Å². The summed E-state index contributed by atoms with van der Waals surface area (Å²) >= 11 is 6.03. The molecule has 0 aromatic heterocycles. The highest BCUT2D eigenvalue weighted by Crippen LogP contribution is 2.30. The molecule has 0 spiro atoms. The van der Waals surface area contributed by atoms with Crippen molar-refractivity contribution in [3.63, 3.8) is 0 Å². The summed E-state index contributed by atoms with van der Waals surface area (Å²) in [5, 5.41) is 23.1. The third kappa shape index (κ3) is 3.73. The van der Waals surface area contributed by atoms with Crippen molar-refractivity contribution in [3.05, 3.63) is 64.7 Å². The number of halogens is 1. The first-order valence-electron chi connectivity index (χ1n) is 6.59. The minimum Gasteiger partial charge on any atom is -0.396 e. The van der Waals surface area contributed by atoms with Gasteiger partial charge in [-0.2, -0.15) is 0 Å². The second-order valence-electron chi connectivity index (χ2n) is 4.55. The van der Waals surface area contributed by atoms with Gasteiger partial charge in [0.15, 0.2) is 0 Å². The van der Waals surface area contributed by atoms with Gasteiger partial charge in [0.25, 0.3) is 0 Å². The van der Waals surface area contributed by atoms with Crippen LogP contribution in [0.4, 0.5) is 5.69 Å². The lowest BCUT2D eigenvalue weighted by molar-refractivity contribution is 0.221. The zero-order chi connectivity index (χ0) is 14.4. The molecule has 0 saturated carbocycles. The lowest BCUT2D eigenvalue weighted by Crippen LogP contribution is -2.09. The van der Waals surface area contributed by atoms with Crippen LogP contribution in [0.1, 0.15) is 23.7 Å². The van der Waals surface area contributed by atoms with Gasteiger partial charge in [-0.15, -0.1) is 0 Å². The molecule has 0 aliphatic rings. The zero-order valence-electron chi connectivity index (χ0n) is 11.1. The maximum Gasteiger partial charge on any atom is 0.106 e. The lowest BCUT2D eigenvalue weighted by Gasteiger charge is -2.17. The van der Waals surface area contributed by atoms with Crippen LogP contribution in [0.5, 0.6) is 0 Å². The van der Waals surface area contributed by atoms with Gasteiger partial charge in [-0.1, -0.05) is 41.9 Å². The minimum absolute atomic E-state index is 0.136. The van der Waals surface area contributed by atoms with Gasteiger partial charge in [-0.05, 0) is 30.2 Å². The van der Waals surface area contributed by atoms with E-state index in [9.17, 15) is 5.11 Å². The van der Waals surface area contributed by atoms with Crippen LogP contribution in [-0.2, 0) is 0 Å². The van der Waals surface area contributed by atoms with Crippen LogP contribution in [0.3, 0.4) is 0 Å². The van der Waals surface area contributed by atoms with E-state index in [0.717, 1.165) is 16.8 Å². The minimum atomic E-state index is -0.730. The van der Waals surface area contributed by atoms with Crippen LogP contribution >= 0.6 is 11.6 Å². The maximum atomic E-state index is 10.5. The molecule has 0 aliphatic heterocycles. The molecule has 3 N–H and O–H groups in total. The van der Waals surface area contributed by atoms with E-state index >= 15 is 0 Å². The molecule has 106 valence electrons. The van der Waals surface area contributed by atoms with Gasteiger partial charge < -0.3 is 15.5 Å².